The number of rotatable bonds is 2. The molecule has 1 rings (SSSR count). The van der Waals surface area contributed by atoms with Gasteiger partial charge in [-0.05, 0) is 0 Å². The third kappa shape index (κ3) is 2.31. The van der Waals surface area contributed by atoms with E-state index >= 15 is 0 Å². The lowest BCUT2D eigenvalue weighted by Gasteiger charge is -2.39. The third-order valence-corrected chi connectivity index (χ3v) is 2.92. The van der Waals surface area contributed by atoms with Gasteiger partial charge in [-0.3, -0.25) is 0 Å². The van der Waals surface area contributed by atoms with E-state index in [9.17, 15) is 15.3 Å². The van der Waals surface area contributed by atoms with Crippen molar-refractivity contribution in [3.05, 3.63) is 0 Å². The van der Waals surface area contributed by atoms with Gasteiger partial charge >= 0.3 is 0 Å². The fourth-order valence-electron chi connectivity index (χ4n) is 1.24. The second kappa shape index (κ2) is 4.85. The van der Waals surface area contributed by atoms with Crippen LogP contribution >= 0.6 is 22.6 Å². The highest BCUT2D eigenvalue weighted by molar-refractivity contribution is 14.1. The highest BCUT2D eigenvalue weighted by atomic mass is 123. The summed E-state index contributed by atoms with van der Waals surface area (Å²) in [6.07, 6.45) is -4.82. The predicted octanol–water partition coefficient (Wildman–Crippen LogP) is -1.12. The van der Waals surface area contributed by atoms with Crippen molar-refractivity contribution in [3.63, 3.8) is 0 Å². The topological polar surface area (TPSA) is 79.2 Å². The Morgan fingerprint density at radius 2 is 1.85 bits per heavy atom. The Morgan fingerprint density at radius 1 is 1.23 bits per heavy atom. The molecule has 0 aromatic heterocycles. The molecule has 13 heavy (non-hydrogen) atoms. The molecule has 0 aliphatic carbocycles. The van der Waals surface area contributed by atoms with Crippen molar-refractivity contribution in [1.82, 2.24) is 0 Å². The van der Waals surface area contributed by atoms with Crippen LogP contribution in [0.15, 0.2) is 0 Å². The van der Waals surface area contributed by atoms with Crippen LogP contribution in [0.25, 0.3) is 0 Å². The number of methoxy groups -OCH3 is 1. The van der Waals surface area contributed by atoms with Crippen molar-refractivity contribution < 1.29 is 24.8 Å². The summed E-state index contributed by atoms with van der Waals surface area (Å²) in [6, 6.07) is 0. The van der Waals surface area contributed by atoms with Gasteiger partial charge in [0.25, 0.3) is 0 Å². The van der Waals surface area contributed by atoms with E-state index in [0.29, 0.717) is 4.43 Å². The van der Waals surface area contributed by atoms with Crippen LogP contribution in [0, 0.1) is 0 Å². The lowest BCUT2D eigenvalue weighted by atomic mass is 10.0. The standard InChI is InChI=1S/C7H13IO5/c1-12-7-6(11)5(10)4(9)3(2-8)13-7/h3-7,9-11H,2H2,1H3/t3-,4-,5+,6+,7?/m1/s1/i8-4. The van der Waals surface area contributed by atoms with Gasteiger partial charge in [0.05, 0.1) is 6.10 Å². The zero-order valence-corrected chi connectivity index (χ0v) is 9.29. The number of alkyl halides is 1. The van der Waals surface area contributed by atoms with Crippen LogP contribution < -0.4 is 0 Å². The Balaban J connectivity index is 2.66. The van der Waals surface area contributed by atoms with Gasteiger partial charge in [-0.15, -0.1) is 0 Å². The number of hydrogen-bond acceptors (Lipinski definition) is 5. The van der Waals surface area contributed by atoms with E-state index < -0.39 is 30.7 Å². The number of aliphatic hydroxyl groups is 3. The summed E-state index contributed by atoms with van der Waals surface area (Å²) in [5, 5.41) is 28.2. The van der Waals surface area contributed by atoms with E-state index in [4.69, 9.17) is 9.47 Å². The minimum absolute atomic E-state index is 0.496. The number of aliphatic hydroxyl groups excluding tert-OH is 3. The molecule has 1 aliphatic heterocycles. The van der Waals surface area contributed by atoms with Crippen molar-refractivity contribution in [1.29, 1.82) is 0 Å². The molecule has 1 aliphatic rings. The van der Waals surface area contributed by atoms with E-state index in [-0.39, 0.29) is 0 Å². The van der Waals surface area contributed by atoms with E-state index in [1.165, 1.54) is 7.11 Å². The molecule has 0 bridgehead atoms. The van der Waals surface area contributed by atoms with Gasteiger partial charge in [0, 0.05) is 11.5 Å². The molecule has 5 atom stereocenters. The molecule has 6 heteroatoms. The average molecular weight is 300 g/mol. The van der Waals surface area contributed by atoms with Crippen molar-refractivity contribution in [2.24, 2.45) is 0 Å². The van der Waals surface area contributed by atoms with Gasteiger partial charge in [0.15, 0.2) is 6.29 Å². The number of hydrogen-bond donors (Lipinski definition) is 3. The van der Waals surface area contributed by atoms with Crippen LogP contribution in [0.2, 0.25) is 0 Å². The summed E-state index contributed by atoms with van der Waals surface area (Å²) in [7, 11) is 1.38. The molecule has 1 fully saturated rings. The first kappa shape index (κ1) is 11.6. The largest absolute Gasteiger partial charge is 0.388 e. The molecular weight excluding hydrogens is 287 g/mol. The van der Waals surface area contributed by atoms with Crippen LogP contribution in [0.1, 0.15) is 0 Å². The highest BCUT2D eigenvalue weighted by Crippen LogP contribution is 2.22. The molecule has 5 nitrogen and oxygen atoms in total. The zero-order valence-electron chi connectivity index (χ0n) is 7.13. The van der Waals surface area contributed by atoms with Gasteiger partial charge in [-0.25, -0.2) is 0 Å². The summed E-state index contributed by atoms with van der Waals surface area (Å²) in [5.74, 6) is 0. The molecule has 0 saturated carbocycles. The minimum Gasteiger partial charge on any atom is -0.388 e. The zero-order chi connectivity index (χ0) is 10.0. The molecule has 1 saturated heterocycles. The SMILES string of the molecule is COC1O[C@H](C[123I])[C@@H](O)[C@H](O)[C@@H]1O. The van der Waals surface area contributed by atoms with E-state index in [2.05, 4.69) is 0 Å². The summed E-state index contributed by atoms with van der Waals surface area (Å²) in [5.41, 5.74) is 0. The Bertz CT molecular complexity index is 147. The molecule has 0 aromatic rings. The van der Waals surface area contributed by atoms with E-state index in [1.54, 1.807) is 0 Å². The molecule has 0 aromatic carbocycles. The molecule has 3 N–H and O–H groups in total. The summed E-state index contributed by atoms with van der Waals surface area (Å²) in [6.45, 7) is 0. The molecule has 0 radical (unpaired) electrons. The Hall–Kier alpha value is 0.530. The van der Waals surface area contributed by atoms with Gasteiger partial charge in [0.2, 0.25) is 0 Å². The van der Waals surface area contributed by atoms with Crippen molar-refractivity contribution in [2.75, 3.05) is 11.5 Å². The van der Waals surface area contributed by atoms with Gasteiger partial charge in [-0.1, -0.05) is 22.6 Å². The second-order valence-corrected chi connectivity index (χ2v) is 3.79. The molecule has 1 heterocycles. The summed E-state index contributed by atoms with van der Waals surface area (Å²) >= 11 is 2.03. The van der Waals surface area contributed by atoms with Crippen molar-refractivity contribution >= 4 is 22.6 Å². The van der Waals surface area contributed by atoms with Crippen LogP contribution in [0.3, 0.4) is 0 Å². The lowest BCUT2D eigenvalue weighted by molar-refractivity contribution is -0.284. The first-order valence-corrected chi connectivity index (χ1v) is 5.42. The maximum atomic E-state index is 9.43. The highest BCUT2D eigenvalue weighted by Gasteiger charge is 2.43. The first-order valence-electron chi connectivity index (χ1n) is 3.90. The van der Waals surface area contributed by atoms with E-state index in [1.807, 2.05) is 22.6 Å². The van der Waals surface area contributed by atoms with Crippen LogP contribution in [0.4, 0.5) is 0 Å². The first-order chi connectivity index (χ1) is 6.11. The van der Waals surface area contributed by atoms with Crippen molar-refractivity contribution in [2.45, 2.75) is 30.7 Å². The molecule has 0 spiro atoms. The third-order valence-electron chi connectivity index (χ3n) is 2.05. The molecular formula is C7H13IO5. The molecule has 78 valence electrons. The smallest absolute Gasteiger partial charge is 0.186 e. The quantitative estimate of drug-likeness (QED) is 0.444. The summed E-state index contributed by atoms with van der Waals surface area (Å²) in [4.78, 5) is 0. The predicted molar refractivity (Wildman–Crippen MR) is 52.6 cm³/mol. The van der Waals surface area contributed by atoms with Gasteiger partial charge in [-0.2, -0.15) is 0 Å². The van der Waals surface area contributed by atoms with E-state index in [0.717, 1.165) is 0 Å². The maximum absolute atomic E-state index is 9.43. The Kier molecular flexibility index (Phi) is 4.33. The van der Waals surface area contributed by atoms with Crippen LogP contribution in [0.5, 0.6) is 0 Å². The fraction of sp³-hybridized carbons (Fsp3) is 1.00. The molecule has 1 unspecified atom stereocenters. The van der Waals surface area contributed by atoms with Crippen LogP contribution in [-0.2, 0) is 9.47 Å². The molecule has 0 amide bonds. The van der Waals surface area contributed by atoms with Crippen molar-refractivity contribution in [3.8, 4) is 0 Å². The summed E-state index contributed by atoms with van der Waals surface area (Å²) < 4.78 is 10.5. The maximum Gasteiger partial charge on any atom is 0.186 e. The Morgan fingerprint density at radius 3 is 2.31 bits per heavy atom. The number of ether oxygens (including phenoxy) is 2. The van der Waals surface area contributed by atoms with Crippen LogP contribution in [-0.4, -0.2) is 57.6 Å². The normalized spacial score (nSPS) is 46.4. The van der Waals surface area contributed by atoms with Gasteiger partial charge in [0.1, 0.15) is 18.3 Å². The second-order valence-electron chi connectivity index (χ2n) is 2.90. The monoisotopic (exact) mass is 300 g/mol. The lowest BCUT2D eigenvalue weighted by Crippen LogP contribution is -2.58. The Labute approximate surface area is 89.8 Å². The number of halogens is 1. The fourth-order valence-corrected chi connectivity index (χ4v) is 1.97. The minimum atomic E-state index is -1.21. The van der Waals surface area contributed by atoms with Gasteiger partial charge < -0.3 is 24.8 Å². The average Bonchev–Trinajstić information content (AvgIpc) is 2.15.